The molecule has 0 aliphatic rings. The van der Waals surface area contributed by atoms with E-state index in [1.54, 1.807) is 13.0 Å². The molecule has 0 saturated heterocycles. The smallest absolute Gasteiger partial charge is 0.145 e. The highest BCUT2D eigenvalue weighted by Crippen LogP contribution is 2.33. The number of phenolic OH excluding ortho intramolecular Hbond substituents is 2. The fourth-order valence-electron chi connectivity index (χ4n) is 2.26. The van der Waals surface area contributed by atoms with E-state index in [0.29, 0.717) is 27.5 Å². The molecule has 0 aliphatic heterocycles. The summed E-state index contributed by atoms with van der Waals surface area (Å²) in [5, 5.41) is 27.6. The van der Waals surface area contributed by atoms with E-state index >= 15 is 0 Å². The number of aromatic nitrogens is 3. The summed E-state index contributed by atoms with van der Waals surface area (Å²) >= 11 is 4.29. The summed E-state index contributed by atoms with van der Waals surface area (Å²) in [5.41, 5.74) is 2.26. The van der Waals surface area contributed by atoms with Crippen LogP contribution in [0.2, 0.25) is 0 Å². The van der Waals surface area contributed by atoms with E-state index in [-0.39, 0.29) is 17.3 Å². The Morgan fingerprint density at radius 2 is 1.91 bits per heavy atom. The van der Waals surface area contributed by atoms with Crippen molar-refractivity contribution in [1.82, 2.24) is 15.0 Å². The molecule has 3 rings (SSSR count). The van der Waals surface area contributed by atoms with E-state index in [9.17, 15) is 14.6 Å². The second kappa shape index (κ2) is 5.34. The molecular weight excluding hydrogens is 305 g/mol. The lowest BCUT2D eigenvalue weighted by atomic mass is 10.1. The molecule has 22 heavy (non-hydrogen) atoms. The molecule has 7 heteroatoms. The van der Waals surface area contributed by atoms with Crippen molar-refractivity contribution in [3.8, 4) is 28.4 Å². The Balaban J connectivity index is 2.24. The molecule has 0 amide bonds. The lowest BCUT2D eigenvalue weighted by Gasteiger charge is -2.11. The van der Waals surface area contributed by atoms with Crippen LogP contribution in [-0.2, 0) is 0 Å². The third kappa shape index (κ3) is 2.39. The van der Waals surface area contributed by atoms with Crippen LogP contribution < -0.4 is 0 Å². The molecular formula is C15H12FN3O2S. The third-order valence-corrected chi connectivity index (χ3v) is 3.58. The minimum absolute atomic E-state index is 0.0630. The average Bonchev–Trinajstić information content (AvgIpc) is 2.81. The predicted molar refractivity (Wildman–Crippen MR) is 82.1 cm³/mol. The van der Waals surface area contributed by atoms with E-state index in [0.717, 1.165) is 0 Å². The van der Waals surface area contributed by atoms with Gasteiger partial charge in [0.2, 0.25) is 0 Å². The molecule has 3 aromatic rings. The first kappa shape index (κ1) is 14.4. The van der Waals surface area contributed by atoms with Crippen molar-refractivity contribution in [1.29, 1.82) is 0 Å². The number of nitrogens with zero attached hydrogens (tertiary/aromatic N) is 3. The maximum atomic E-state index is 13.3. The van der Waals surface area contributed by atoms with Crippen LogP contribution in [0.15, 0.2) is 41.4 Å². The fraction of sp³-hybridized carbons (Fsp3) is 0.0667. The van der Waals surface area contributed by atoms with Crippen LogP contribution in [0.4, 0.5) is 4.39 Å². The second-order valence-electron chi connectivity index (χ2n) is 4.81. The lowest BCUT2D eigenvalue weighted by Crippen LogP contribution is -2.01. The van der Waals surface area contributed by atoms with Gasteiger partial charge in [-0.25, -0.2) is 9.07 Å². The van der Waals surface area contributed by atoms with Crippen molar-refractivity contribution in [2.24, 2.45) is 0 Å². The number of benzene rings is 2. The number of phenols is 2. The van der Waals surface area contributed by atoms with Crippen LogP contribution in [-0.4, -0.2) is 25.2 Å². The van der Waals surface area contributed by atoms with Gasteiger partial charge in [0, 0.05) is 11.6 Å². The normalized spacial score (nSPS) is 10.9. The van der Waals surface area contributed by atoms with E-state index < -0.39 is 0 Å². The van der Waals surface area contributed by atoms with Crippen LogP contribution in [0.1, 0.15) is 5.56 Å². The summed E-state index contributed by atoms with van der Waals surface area (Å²) < 4.78 is 14.7. The van der Waals surface area contributed by atoms with Gasteiger partial charge in [-0.05, 0) is 42.8 Å². The van der Waals surface area contributed by atoms with Crippen LogP contribution in [0, 0.1) is 12.7 Å². The number of hydrogen-bond acceptors (Lipinski definition) is 5. The van der Waals surface area contributed by atoms with Crippen molar-refractivity contribution < 1.29 is 14.6 Å². The predicted octanol–water partition coefficient (Wildman–Crippen LogP) is 3.08. The summed E-state index contributed by atoms with van der Waals surface area (Å²) in [6, 6.07) is 8.48. The minimum Gasteiger partial charge on any atom is -0.508 e. The molecule has 2 aromatic carbocycles. The number of aryl methyl sites for hydroxylation is 1. The highest BCUT2D eigenvalue weighted by atomic mass is 32.1. The largest absolute Gasteiger partial charge is 0.508 e. The SMILES string of the molecule is Cc1cc(F)ccc1-c1c(S)nnn1-c1ccc(O)cc1O. The summed E-state index contributed by atoms with van der Waals surface area (Å²) in [7, 11) is 0. The zero-order valence-electron chi connectivity index (χ0n) is 11.5. The summed E-state index contributed by atoms with van der Waals surface area (Å²) in [6.07, 6.45) is 0. The first-order chi connectivity index (χ1) is 10.5. The lowest BCUT2D eigenvalue weighted by molar-refractivity contribution is 0.447. The first-order valence-electron chi connectivity index (χ1n) is 6.41. The van der Waals surface area contributed by atoms with Crippen molar-refractivity contribution in [2.45, 2.75) is 11.9 Å². The standard InChI is InChI=1S/C15H12FN3O2S/c1-8-6-9(16)2-4-11(8)14-15(22)17-18-19(14)12-5-3-10(20)7-13(12)21/h2-7,20-22H,1H3. The maximum Gasteiger partial charge on any atom is 0.145 e. The Labute approximate surface area is 131 Å². The number of rotatable bonds is 2. The Morgan fingerprint density at radius 1 is 1.14 bits per heavy atom. The van der Waals surface area contributed by atoms with Gasteiger partial charge in [-0.3, -0.25) is 0 Å². The molecule has 0 atom stereocenters. The maximum absolute atomic E-state index is 13.3. The van der Waals surface area contributed by atoms with E-state index in [1.165, 1.54) is 35.0 Å². The quantitative estimate of drug-likeness (QED) is 0.635. The zero-order valence-corrected chi connectivity index (χ0v) is 12.4. The number of aromatic hydroxyl groups is 2. The topological polar surface area (TPSA) is 71.2 Å². The molecule has 112 valence electrons. The Bertz CT molecular complexity index is 864. The molecule has 0 bridgehead atoms. The summed E-state index contributed by atoms with van der Waals surface area (Å²) in [4.78, 5) is 0. The molecule has 5 nitrogen and oxygen atoms in total. The average molecular weight is 317 g/mol. The molecule has 0 aliphatic carbocycles. The van der Waals surface area contributed by atoms with Crippen molar-refractivity contribution in [3.63, 3.8) is 0 Å². The second-order valence-corrected chi connectivity index (χ2v) is 5.23. The third-order valence-electron chi connectivity index (χ3n) is 3.28. The van der Waals surface area contributed by atoms with Gasteiger partial charge in [-0.2, -0.15) is 0 Å². The van der Waals surface area contributed by atoms with E-state index in [2.05, 4.69) is 22.9 Å². The van der Waals surface area contributed by atoms with Gasteiger partial charge in [0.15, 0.2) is 0 Å². The molecule has 0 unspecified atom stereocenters. The summed E-state index contributed by atoms with van der Waals surface area (Å²) in [5.74, 6) is -0.556. The molecule has 0 radical (unpaired) electrons. The van der Waals surface area contributed by atoms with E-state index in [1.807, 2.05) is 0 Å². The monoisotopic (exact) mass is 317 g/mol. The molecule has 1 heterocycles. The number of halogens is 1. The molecule has 1 aromatic heterocycles. The van der Waals surface area contributed by atoms with Gasteiger partial charge >= 0.3 is 0 Å². The highest BCUT2D eigenvalue weighted by Gasteiger charge is 2.18. The Morgan fingerprint density at radius 3 is 2.59 bits per heavy atom. The molecule has 0 spiro atoms. The van der Waals surface area contributed by atoms with Gasteiger partial charge in [-0.1, -0.05) is 5.21 Å². The van der Waals surface area contributed by atoms with Gasteiger partial charge in [0.1, 0.15) is 33.7 Å². The van der Waals surface area contributed by atoms with Crippen LogP contribution in [0.3, 0.4) is 0 Å². The van der Waals surface area contributed by atoms with Gasteiger partial charge in [0.05, 0.1) is 0 Å². The highest BCUT2D eigenvalue weighted by molar-refractivity contribution is 7.80. The first-order valence-corrected chi connectivity index (χ1v) is 6.85. The van der Waals surface area contributed by atoms with Crippen LogP contribution in [0.5, 0.6) is 11.5 Å². The molecule has 0 fully saturated rings. The van der Waals surface area contributed by atoms with Gasteiger partial charge < -0.3 is 10.2 Å². The summed E-state index contributed by atoms with van der Waals surface area (Å²) in [6.45, 7) is 1.76. The Hall–Kier alpha value is -2.54. The van der Waals surface area contributed by atoms with Crippen LogP contribution >= 0.6 is 12.6 Å². The van der Waals surface area contributed by atoms with Crippen molar-refractivity contribution in [3.05, 3.63) is 47.8 Å². The molecule has 0 saturated carbocycles. The Kier molecular flexibility index (Phi) is 3.50. The number of hydrogen-bond donors (Lipinski definition) is 3. The van der Waals surface area contributed by atoms with Crippen molar-refractivity contribution >= 4 is 12.6 Å². The van der Waals surface area contributed by atoms with Gasteiger partial charge in [-0.15, -0.1) is 17.7 Å². The van der Waals surface area contributed by atoms with Crippen LogP contribution in [0.25, 0.3) is 16.9 Å². The minimum atomic E-state index is -0.339. The zero-order chi connectivity index (χ0) is 15.9. The van der Waals surface area contributed by atoms with E-state index in [4.69, 9.17) is 0 Å². The number of thiol groups is 1. The molecule has 2 N–H and O–H groups in total. The van der Waals surface area contributed by atoms with Gasteiger partial charge in [0.25, 0.3) is 0 Å². The fourth-order valence-corrected chi connectivity index (χ4v) is 2.52. The van der Waals surface area contributed by atoms with Crippen molar-refractivity contribution in [2.75, 3.05) is 0 Å².